The quantitative estimate of drug-likeness (QED) is 0.906. The molecule has 0 bridgehead atoms. The van der Waals surface area contributed by atoms with Crippen LogP contribution in [0.5, 0.6) is 5.75 Å². The first-order valence-corrected chi connectivity index (χ1v) is 6.43. The van der Waals surface area contributed by atoms with Gasteiger partial charge >= 0.3 is 6.36 Å². The molecule has 3 nitrogen and oxygen atoms in total. The highest BCUT2D eigenvalue weighted by atomic mass is 19.4. The summed E-state index contributed by atoms with van der Waals surface area (Å²) >= 11 is 0. The number of hydrogen-bond donors (Lipinski definition) is 1. The van der Waals surface area contributed by atoms with Crippen molar-refractivity contribution in [2.24, 2.45) is 11.1 Å². The van der Waals surface area contributed by atoms with Gasteiger partial charge in [-0.25, -0.2) is 0 Å². The molecule has 0 atom stereocenters. The predicted molar refractivity (Wildman–Crippen MR) is 67.2 cm³/mol. The van der Waals surface area contributed by atoms with Crippen molar-refractivity contribution in [3.8, 4) is 5.75 Å². The zero-order valence-corrected chi connectivity index (χ0v) is 10.9. The molecule has 0 aromatic heterocycles. The third-order valence-electron chi connectivity index (χ3n) is 3.81. The van der Waals surface area contributed by atoms with Gasteiger partial charge in [-0.15, -0.1) is 13.2 Å². The summed E-state index contributed by atoms with van der Waals surface area (Å²) in [5.41, 5.74) is 5.91. The Morgan fingerprint density at radius 2 is 1.85 bits per heavy atom. The summed E-state index contributed by atoms with van der Waals surface area (Å²) in [5, 5.41) is 0. The van der Waals surface area contributed by atoms with E-state index in [0.717, 1.165) is 19.3 Å². The summed E-state index contributed by atoms with van der Waals surface area (Å²) in [5.74, 6) is -0.221. The molecule has 0 heterocycles. The summed E-state index contributed by atoms with van der Waals surface area (Å²) in [6.07, 6.45) is -1.90. The van der Waals surface area contributed by atoms with Crippen molar-refractivity contribution in [1.29, 1.82) is 0 Å². The summed E-state index contributed by atoms with van der Waals surface area (Å²) in [6.45, 7) is 0.334. The molecule has 20 heavy (non-hydrogen) atoms. The van der Waals surface area contributed by atoms with Crippen molar-refractivity contribution in [3.05, 3.63) is 29.8 Å². The van der Waals surface area contributed by atoms with E-state index in [4.69, 9.17) is 5.73 Å². The molecule has 2 N–H and O–H groups in total. The Bertz CT molecular complexity index is 473. The number of Topliss-reactive ketones (excluding diaryl/α,β-unsaturated/α-hetero) is 1. The zero-order valence-electron chi connectivity index (χ0n) is 10.9. The molecule has 1 aromatic carbocycles. The number of carbonyl (C=O) groups excluding carboxylic acids is 1. The van der Waals surface area contributed by atoms with Gasteiger partial charge in [0, 0.05) is 18.4 Å². The molecule has 110 valence electrons. The van der Waals surface area contributed by atoms with Crippen molar-refractivity contribution < 1.29 is 22.7 Å². The molecular weight excluding hydrogens is 271 g/mol. The van der Waals surface area contributed by atoms with Crippen molar-refractivity contribution >= 4 is 5.78 Å². The van der Waals surface area contributed by atoms with Crippen molar-refractivity contribution in [1.82, 2.24) is 0 Å². The van der Waals surface area contributed by atoms with Crippen LogP contribution in [-0.4, -0.2) is 18.7 Å². The smallest absolute Gasteiger partial charge is 0.406 e. The van der Waals surface area contributed by atoms with Crippen LogP contribution in [-0.2, 0) is 11.2 Å². The van der Waals surface area contributed by atoms with Crippen LogP contribution in [0.3, 0.4) is 0 Å². The third-order valence-corrected chi connectivity index (χ3v) is 3.81. The second kappa shape index (κ2) is 5.44. The number of nitrogens with two attached hydrogens (primary N) is 1. The molecular formula is C14H16F3NO2. The van der Waals surface area contributed by atoms with Gasteiger partial charge < -0.3 is 10.5 Å². The zero-order chi connectivity index (χ0) is 14.8. The Labute approximate surface area is 114 Å². The van der Waals surface area contributed by atoms with E-state index >= 15 is 0 Å². The molecule has 0 radical (unpaired) electrons. The molecule has 0 spiro atoms. The number of carbonyl (C=O) groups is 1. The molecule has 1 saturated carbocycles. The molecule has 1 aliphatic rings. The molecule has 2 rings (SSSR count). The molecule has 1 aliphatic carbocycles. The maximum absolute atomic E-state index is 12.2. The number of ketones is 1. The van der Waals surface area contributed by atoms with Crippen molar-refractivity contribution in [2.75, 3.05) is 6.54 Å². The summed E-state index contributed by atoms with van der Waals surface area (Å²) in [4.78, 5) is 12.2. The van der Waals surface area contributed by atoms with E-state index in [1.54, 1.807) is 0 Å². The van der Waals surface area contributed by atoms with Gasteiger partial charge in [0.15, 0.2) is 0 Å². The number of alkyl halides is 3. The van der Waals surface area contributed by atoms with E-state index in [0.29, 0.717) is 12.1 Å². The van der Waals surface area contributed by atoms with Gasteiger partial charge in [0.1, 0.15) is 11.5 Å². The average Bonchev–Trinajstić information content (AvgIpc) is 2.29. The lowest BCUT2D eigenvalue weighted by atomic mass is 9.65. The van der Waals surface area contributed by atoms with Crippen molar-refractivity contribution in [3.63, 3.8) is 0 Å². The first-order valence-electron chi connectivity index (χ1n) is 6.43. The summed E-state index contributed by atoms with van der Waals surface area (Å²) in [6, 6.07) is 5.38. The topological polar surface area (TPSA) is 52.3 Å². The number of halogens is 3. The van der Waals surface area contributed by atoms with E-state index in [9.17, 15) is 18.0 Å². The summed E-state index contributed by atoms with van der Waals surface area (Å²) < 4.78 is 39.8. The fraction of sp³-hybridized carbons (Fsp3) is 0.500. The molecule has 0 unspecified atom stereocenters. The molecule has 0 saturated heterocycles. The van der Waals surface area contributed by atoms with Gasteiger partial charge in [0.25, 0.3) is 0 Å². The van der Waals surface area contributed by atoms with Crippen LogP contribution in [0, 0.1) is 5.41 Å². The lowest BCUT2D eigenvalue weighted by molar-refractivity contribution is -0.274. The highest BCUT2D eigenvalue weighted by molar-refractivity contribution is 5.87. The van der Waals surface area contributed by atoms with E-state index in [1.807, 2.05) is 0 Å². The van der Waals surface area contributed by atoms with Crippen LogP contribution >= 0.6 is 0 Å². The largest absolute Gasteiger partial charge is 0.573 e. The van der Waals surface area contributed by atoms with Crippen LogP contribution < -0.4 is 10.5 Å². The van der Waals surface area contributed by atoms with Gasteiger partial charge in [-0.3, -0.25) is 4.79 Å². The Kier molecular flexibility index (Phi) is 4.04. The first kappa shape index (κ1) is 14.8. The predicted octanol–water partition coefficient (Wildman–Crippen LogP) is 2.83. The van der Waals surface area contributed by atoms with Crippen LogP contribution in [0.15, 0.2) is 24.3 Å². The SMILES string of the molecule is NCC1(C(=O)Cc2ccc(OC(F)(F)F)cc2)CCC1. The fourth-order valence-corrected chi connectivity index (χ4v) is 2.38. The Morgan fingerprint density at radius 1 is 1.25 bits per heavy atom. The third kappa shape index (κ3) is 3.30. The average molecular weight is 287 g/mol. The maximum atomic E-state index is 12.2. The van der Waals surface area contributed by atoms with Crippen LogP contribution in [0.1, 0.15) is 24.8 Å². The lowest BCUT2D eigenvalue weighted by Gasteiger charge is -2.39. The maximum Gasteiger partial charge on any atom is 0.573 e. The molecule has 0 amide bonds. The molecule has 6 heteroatoms. The molecule has 1 fully saturated rings. The van der Waals surface area contributed by atoms with Crippen LogP contribution in [0.25, 0.3) is 0 Å². The Morgan fingerprint density at radius 3 is 2.25 bits per heavy atom. The van der Waals surface area contributed by atoms with E-state index in [2.05, 4.69) is 4.74 Å². The second-order valence-electron chi connectivity index (χ2n) is 5.13. The monoisotopic (exact) mass is 287 g/mol. The van der Waals surface area contributed by atoms with E-state index in [1.165, 1.54) is 24.3 Å². The molecule has 1 aromatic rings. The molecule has 0 aliphatic heterocycles. The second-order valence-corrected chi connectivity index (χ2v) is 5.13. The highest BCUT2D eigenvalue weighted by Gasteiger charge is 2.42. The number of benzene rings is 1. The van der Waals surface area contributed by atoms with Gasteiger partial charge in [-0.2, -0.15) is 0 Å². The van der Waals surface area contributed by atoms with E-state index < -0.39 is 11.8 Å². The first-order chi connectivity index (χ1) is 9.35. The lowest BCUT2D eigenvalue weighted by Crippen LogP contribution is -2.45. The van der Waals surface area contributed by atoms with Gasteiger partial charge in [-0.05, 0) is 30.5 Å². The Balaban J connectivity index is 1.99. The van der Waals surface area contributed by atoms with Crippen LogP contribution in [0.4, 0.5) is 13.2 Å². The Hall–Kier alpha value is -1.56. The van der Waals surface area contributed by atoms with Gasteiger partial charge in [0.2, 0.25) is 0 Å². The fourth-order valence-electron chi connectivity index (χ4n) is 2.38. The van der Waals surface area contributed by atoms with Crippen LogP contribution in [0.2, 0.25) is 0 Å². The highest BCUT2D eigenvalue weighted by Crippen LogP contribution is 2.41. The minimum atomic E-state index is -4.70. The normalized spacial score (nSPS) is 17.4. The number of hydrogen-bond acceptors (Lipinski definition) is 3. The van der Waals surface area contributed by atoms with Crippen molar-refractivity contribution in [2.45, 2.75) is 32.0 Å². The van der Waals surface area contributed by atoms with Gasteiger partial charge in [-0.1, -0.05) is 18.6 Å². The minimum Gasteiger partial charge on any atom is -0.406 e. The summed E-state index contributed by atoms with van der Waals surface area (Å²) in [7, 11) is 0. The number of ether oxygens (including phenoxy) is 1. The standard InChI is InChI=1S/C14H16F3NO2/c15-14(16,17)20-11-4-2-10(3-5-11)8-12(19)13(9-18)6-1-7-13/h2-5H,1,6-9,18H2. The number of rotatable bonds is 5. The minimum absolute atomic E-state index is 0.0655. The van der Waals surface area contributed by atoms with E-state index in [-0.39, 0.29) is 18.0 Å². The van der Waals surface area contributed by atoms with Gasteiger partial charge in [0.05, 0.1) is 0 Å².